The Balaban J connectivity index is 1.54. The summed E-state index contributed by atoms with van der Waals surface area (Å²) < 4.78 is 6.81. The first-order valence-electron chi connectivity index (χ1n) is 7.10. The summed E-state index contributed by atoms with van der Waals surface area (Å²) in [5, 5.41) is 9.53. The highest BCUT2D eigenvalue weighted by Gasteiger charge is 2.34. The lowest BCUT2D eigenvalue weighted by atomic mass is 9.94. The van der Waals surface area contributed by atoms with E-state index in [4.69, 9.17) is 4.74 Å². The first-order valence-corrected chi connectivity index (χ1v) is 8.77. The predicted molar refractivity (Wildman–Crippen MR) is 82.6 cm³/mol. The van der Waals surface area contributed by atoms with E-state index in [9.17, 15) is 0 Å². The van der Waals surface area contributed by atoms with Crippen molar-refractivity contribution in [3.05, 3.63) is 20.8 Å². The maximum absolute atomic E-state index is 5.61. The number of hydrogen-bond acceptors (Lipinski definition) is 4. The van der Waals surface area contributed by atoms with Crippen LogP contribution in [0.15, 0.2) is 15.9 Å². The summed E-state index contributed by atoms with van der Waals surface area (Å²) in [4.78, 5) is 1.41. The fraction of sp³-hybridized carbons (Fsp3) is 0.714. The monoisotopic (exact) mass is 344 g/mol. The van der Waals surface area contributed by atoms with E-state index in [1.54, 1.807) is 0 Å². The van der Waals surface area contributed by atoms with Gasteiger partial charge in [-0.25, -0.2) is 0 Å². The van der Waals surface area contributed by atoms with Crippen molar-refractivity contribution >= 4 is 27.3 Å². The number of morpholine rings is 1. The molecule has 1 aliphatic heterocycles. The molecule has 0 amide bonds. The van der Waals surface area contributed by atoms with Gasteiger partial charge >= 0.3 is 0 Å². The van der Waals surface area contributed by atoms with Gasteiger partial charge < -0.3 is 15.4 Å². The van der Waals surface area contributed by atoms with Crippen LogP contribution in [0.2, 0.25) is 0 Å². The summed E-state index contributed by atoms with van der Waals surface area (Å²) in [5.41, 5.74) is 0. The zero-order valence-corrected chi connectivity index (χ0v) is 13.4. The van der Waals surface area contributed by atoms with Crippen LogP contribution >= 0.6 is 27.3 Å². The van der Waals surface area contributed by atoms with E-state index < -0.39 is 0 Å². The SMILES string of the molecule is Brc1csc(CNC2CCCC2C2COCCN2)c1. The zero-order chi connectivity index (χ0) is 13.1. The van der Waals surface area contributed by atoms with Crippen LogP contribution in [0.4, 0.5) is 0 Å². The highest BCUT2D eigenvalue weighted by Crippen LogP contribution is 2.30. The Labute approximate surface area is 127 Å². The molecular weight excluding hydrogens is 324 g/mol. The van der Waals surface area contributed by atoms with Gasteiger partial charge in [-0.3, -0.25) is 0 Å². The summed E-state index contributed by atoms with van der Waals surface area (Å²) in [6.45, 7) is 3.74. The van der Waals surface area contributed by atoms with E-state index >= 15 is 0 Å². The summed E-state index contributed by atoms with van der Waals surface area (Å²) in [6, 6.07) is 3.40. The highest BCUT2D eigenvalue weighted by atomic mass is 79.9. The number of hydrogen-bond donors (Lipinski definition) is 2. The van der Waals surface area contributed by atoms with Gasteiger partial charge in [-0.2, -0.15) is 0 Å². The molecule has 1 aromatic heterocycles. The molecule has 106 valence electrons. The van der Waals surface area contributed by atoms with Crippen molar-refractivity contribution in [2.45, 2.75) is 37.9 Å². The lowest BCUT2D eigenvalue weighted by Crippen LogP contribution is -2.50. The Morgan fingerprint density at radius 3 is 3.16 bits per heavy atom. The minimum absolute atomic E-state index is 0.545. The third kappa shape index (κ3) is 3.58. The second-order valence-corrected chi connectivity index (χ2v) is 7.36. The van der Waals surface area contributed by atoms with Gasteiger partial charge in [0.1, 0.15) is 0 Å². The third-order valence-electron chi connectivity index (χ3n) is 4.20. The lowest BCUT2D eigenvalue weighted by Gasteiger charge is -2.33. The van der Waals surface area contributed by atoms with Gasteiger partial charge in [0.15, 0.2) is 0 Å². The maximum Gasteiger partial charge on any atom is 0.0623 e. The maximum atomic E-state index is 5.61. The second kappa shape index (κ2) is 6.68. The van der Waals surface area contributed by atoms with Crippen LogP contribution in [0, 0.1) is 5.92 Å². The van der Waals surface area contributed by atoms with Gasteiger partial charge in [0.25, 0.3) is 0 Å². The largest absolute Gasteiger partial charge is 0.379 e. The summed E-state index contributed by atoms with van der Waals surface area (Å²) in [5.74, 6) is 0.726. The number of thiophene rings is 1. The van der Waals surface area contributed by atoms with E-state index in [-0.39, 0.29) is 0 Å². The molecular formula is C14H21BrN2OS. The number of rotatable bonds is 4. The highest BCUT2D eigenvalue weighted by molar-refractivity contribution is 9.10. The van der Waals surface area contributed by atoms with Crippen molar-refractivity contribution < 1.29 is 4.74 Å². The van der Waals surface area contributed by atoms with Crippen molar-refractivity contribution in [2.24, 2.45) is 5.92 Å². The Hall–Kier alpha value is 0.0600. The van der Waals surface area contributed by atoms with Crippen molar-refractivity contribution in [1.82, 2.24) is 10.6 Å². The predicted octanol–water partition coefficient (Wildman–Crippen LogP) is 2.76. The Kier molecular flexibility index (Phi) is 4.92. The molecule has 3 unspecified atom stereocenters. The molecule has 2 N–H and O–H groups in total. The van der Waals surface area contributed by atoms with Crippen LogP contribution in [0.25, 0.3) is 0 Å². The topological polar surface area (TPSA) is 33.3 Å². The standard InChI is InChI=1S/C14H21BrN2OS/c15-10-6-11(19-9-10)7-17-13-3-1-2-12(13)14-8-18-5-4-16-14/h6,9,12-14,16-17H,1-5,7-8H2. The zero-order valence-electron chi connectivity index (χ0n) is 11.0. The molecule has 2 fully saturated rings. The number of halogens is 1. The minimum Gasteiger partial charge on any atom is -0.379 e. The van der Waals surface area contributed by atoms with Crippen LogP contribution in [0.5, 0.6) is 0 Å². The van der Waals surface area contributed by atoms with Gasteiger partial charge in [0, 0.05) is 39.9 Å². The molecule has 0 aromatic carbocycles. The van der Waals surface area contributed by atoms with E-state index in [1.165, 1.54) is 28.6 Å². The molecule has 1 aliphatic carbocycles. The quantitative estimate of drug-likeness (QED) is 0.880. The number of nitrogens with one attached hydrogen (secondary N) is 2. The summed E-state index contributed by atoms with van der Waals surface area (Å²) >= 11 is 5.34. The van der Waals surface area contributed by atoms with Gasteiger partial charge in [-0.1, -0.05) is 6.42 Å². The molecule has 1 saturated heterocycles. The fourth-order valence-corrected chi connectivity index (χ4v) is 4.66. The summed E-state index contributed by atoms with van der Waals surface area (Å²) in [6.07, 6.45) is 3.97. The van der Waals surface area contributed by atoms with Gasteiger partial charge in [0.05, 0.1) is 13.2 Å². The lowest BCUT2D eigenvalue weighted by molar-refractivity contribution is 0.0524. The van der Waals surface area contributed by atoms with E-state index in [1.807, 2.05) is 11.3 Å². The van der Waals surface area contributed by atoms with E-state index in [2.05, 4.69) is 38.0 Å². The molecule has 5 heteroatoms. The molecule has 3 rings (SSSR count). The van der Waals surface area contributed by atoms with Crippen LogP contribution in [-0.4, -0.2) is 31.8 Å². The van der Waals surface area contributed by atoms with Crippen LogP contribution in [0.1, 0.15) is 24.1 Å². The molecule has 1 aromatic rings. The summed E-state index contributed by atoms with van der Waals surface area (Å²) in [7, 11) is 0. The molecule has 0 bridgehead atoms. The second-order valence-electron chi connectivity index (χ2n) is 5.45. The average molecular weight is 345 g/mol. The van der Waals surface area contributed by atoms with E-state index in [0.717, 1.165) is 32.2 Å². The van der Waals surface area contributed by atoms with Crippen LogP contribution < -0.4 is 10.6 Å². The molecule has 0 spiro atoms. The van der Waals surface area contributed by atoms with Crippen LogP contribution in [-0.2, 0) is 11.3 Å². The average Bonchev–Trinajstić information content (AvgIpc) is 3.06. The molecule has 0 radical (unpaired) electrons. The van der Waals surface area contributed by atoms with Crippen molar-refractivity contribution in [3.63, 3.8) is 0 Å². The van der Waals surface area contributed by atoms with Gasteiger partial charge in [-0.15, -0.1) is 11.3 Å². The number of ether oxygens (including phenoxy) is 1. The Bertz CT molecular complexity index is 406. The molecule has 2 aliphatic rings. The Morgan fingerprint density at radius 1 is 1.47 bits per heavy atom. The molecule has 19 heavy (non-hydrogen) atoms. The fourth-order valence-electron chi connectivity index (χ4n) is 3.26. The minimum atomic E-state index is 0.545. The van der Waals surface area contributed by atoms with Gasteiger partial charge in [-0.05, 0) is 40.8 Å². The molecule has 2 heterocycles. The first-order chi connectivity index (χ1) is 9.33. The molecule has 3 nitrogen and oxygen atoms in total. The van der Waals surface area contributed by atoms with Crippen molar-refractivity contribution in [3.8, 4) is 0 Å². The van der Waals surface area contributed by atoms with Crippen LogP contribution in [0.3, 0.4) is 0 Å². The smallest absolute Gasteiger partial charge is 0.0623 e. The van der Waals surface area contributed by atoms with Gasteiger partial charge in [0.2, 0.25) is 0 Å². The molecule has 1 saturated carbocycles. The van der Waals surface area contributed by atoms with E-state index in [0.29, 0.717) is 12.1 Å². The Morgan fingerprint density at radius 2 is 2.42 bits per heavy atom. The first kappa shape index (κ1) is 14.0. The van der Waals surface area contributed by atoms with Crippen molar-refractivity contribution in [2.75, 3.05) is 19.8 Å². The normalized spacial score (nSPS) is 31.7. The van der Waals surface area contributed by atoms with Crippen molar-refractivity contribution in [1.29, 1.82) is 0 Å². The third-order valence-corrected chi connectivity index (χ3v) is 5.89. The molecule has 3 atom stereocenters.